The lowest BCUT2D eigenvalue weighted by molar-refractivity contribution is 0.145. The van der Waals surface area contributed by atoms with E-state index in [1.807, 2.05) is 0 Å². The van der Waals surface area contributed by atoms with Crippen LogP contribution in [-0.4, -0.2) is 4.98 Å². The highest BCUT2D eigenvalue weighted by atomic mass is 79.9. The van der Waals surface area contributed by atoms with Gasteiger partial charge in [-0.25, -0.2) is 8.78 Å². The molecule has 1 heterocycles. The van der Waals surface area contributed by atoms with E-state index >= 15 is 0 Å². The van der Waals surface area contributed by atoms with Crippen molar-refractivity contribution in [2.24, 2.45) is 0 Å². The molecule has 1 aromatic heterocycles. The van der Waals surface area contributed by atoms with E-state index in [4.69, 9.17) is 5.73 Å². The molecule has 0 saturated carbocycles. The summed E-state index contributed by atoms with van der Waals surface area (Å²) < 4.78 is 24.9. The molecule has 5 heteroatoms. The van der Waals surface area contributed by atoms with Crippen molar-refractivity contribution >= 4 is 21.6 Å². The summed E-state index contributed by atoms with van der Waals surface area (Å²) in [5.41, 5.74) is 6.59. The van der Waals surface area contributed by atoms with Crippen LogP contribution in [-0.2, 0) is 5.33 Å². The van der Waals surface area contributed by atoms with Crippen LogP contribution in [0.25, 0.3) is 0 Å². The van der Waals surface area contributed by atoms with Crippen molar-refractivity contribution in [3.05, 3.63) is 23.0 Å². The molecule has 72 valence electrons. The van der Waals surface area contributed by atoms with Gasteiger partial charge in [0.25, 0.3) is 6.43 Å². The number of pyridine rings is 1. The van der Waals surface area contributed by atoms with Crippen LogP contribution in [0.3, 0.4) is 0 Å². The number of alkyl halides is 3. The third kappa shape index (κ3) is 2.15. The van der Waals surface area contributed by atoms with E-state index in [1.54, 1.807) is 13.0 Å². The smallest absolute Gasteiger partial charge is 0.280 e. The molecule has 0 amide bonds. The number of aromatic nitrogens is 1. The Morgan fingerprint density at radius 2 is 2.23 bits per heavy atom. The Balaban J connectivity index is 3.29. The zero-order valence-electron chi connectivity index (χ0n) is 7.02. The van der Waals surface area contributed by atoms with Crippen molar-refractivity contribution < 1.29 is 8.78 Å². The van der Waals surface area contributed by atoms with Gasteiger partial charge in [0, 0.05) is 22.3 Å². The molecule has 0 spiro atoms. The monoisotopic (exact) mass is 250 g/mol. The molecule has 0 radical (unpaired) electrons. The number of aryl methyl sites for hydroxylation is 1. The van der Waals surface area contributed by atoms with Crippen LogP contribution in [0.2, 0.25) is 0 Å². The summed E-state index contributed by atoms with van der Waals surface area (Å²) >= 11 is 3.10. The molecule has 0 saturated heterocycles. The summed E-state index contributed by atoms with van der Waals surface area (Å²) in [7, 11) is 0. The average molecular weight is 251 g/mol. The first-order chi connectivity index (χ1) is 6.06. The van der Waals surface area contributed by atoms with Crippen LogP contribution in [0, 0.1) is 6.92 Å². The molecule has 0 aliphatic heterocycles. The summed E-state index contributed by atoms with van der Waals surface area (Å²) in [6.07, 6.45) is -2.57. The largest absolute Gasteiger partial charge is 0.398 e. The van der Waals surface area contributed by atoms with E-state index in [-0.39, 0.29) is 5.69 Å². The Morgan fingerprint density at radius 3 is 2.69 bits per heavy atom. The average Bonchev–Trinajstić information content (AvgIpc) is 2.02. The zero-order chi connectivity index (χ0) is 10.0. The molecule has 0 atom stereocenters. The molecule has 0 aliphatic rings. The maximum atomic E-state index is 12.4. The molecular weight excluding hydrogens is 242 g/mol. The number of hydrogen-bond donors (Lipinski definition) is 1. The van der Waals surface area contributed by atoms with E-state index in [9.17, 15) is 8.78 Å². The van der Waals surface area contributed by atoms with Crippen molar-refractivity contribution in [2.45, 2.75) is 18.7 Å². The maximum absolute atomic E-state index is 12.4. The van der Waals surface area contributed by atoms with Crippen molar-refractivity contribution in [1.29, 1.82) is 0 Å². The molecule has 0 unspecified atom stereocenters. The molecular formula is C8H9BrF2N2. The first kappa shape index (κ1) is 10.4. The van der Waals surface area contributed by atoms with E-state index in [0.717, 1.165) is 0 Å². The summed E-state index contributed by atoms with van der Waals surface area (Å²) in [5.74, 6) is 0. The summed E-state index contributed by atoms with van der Waals surface area (Å²) in [6, 6.07) is 1.59. The highest BCUT2D eigenvalue weighted by Crippen LogP contribution is 2.27. The van der Waals surface area contributed by atoms with Gasteiger partial charge in [0.1, 0.15) is 5.69 Å². The lowest BCUT2D eigenvalue weighted by atomic mass is 10.1. The SMILES string of the molecule is Cc1cc(N)c(CBr)c(C(F)F)n1. The highest BCUT2D eigenvalue weighted by Gasteiger charge is 2.16. The van der Waals surface area contributed by atoms with Crippen molar-refractivity contribution in [3.63, 3.8) is 0 Å². The molecule has 2 nitrogen and oxygen atoms in total. The molecule has 13 heavy (non-hydrogen) atoms. The maximum Gasteiger partial charge on any atom is 0.280 e. The fraction of sp³-hybridized carbons (Fsp3) is 0.375. The van der Waals surface area contributed by atoms with Gasteiger partial charge in [0.15, 0.2) is 0 Å². The summed E-state index contributed by atoms with van der Waals surface area (Å²) in [6.45, 7) is 1.64. The van der Waals surface area contributed by atoms with Gasteiger partial charge in [-0.2, -0.15) is 0 Å². The van der Waals surface area contributed by atoms with Crippen LogP contribution >= 0.6 is 15.9 Å². The van der Waals surface area contributed by atoms with Gasteiger partial charge in [-0.05, 0) is 13.0 Å². The number of nitrogens with zero attached hydrogens (tertiary/aromatic N) is 1. The van der Waals surface area contributed by atoms with Crippen molar-refractivity contribution in [2.75, 3.05) is 5.73 Å². The second-order valence-electron chi connectivity index (χ2n) is 2.65. The third-order valence-corrected chi connectivity index (χ3v) is 2.22. The minimum atomic E-state index is -2.57. The van der Waals surface area contributed by atoms with Gasteiger partial charge in [-0.1, -0.05) is 15.9 Å². The third-order valence-electron chi connectivity index (χ3n) is 1.66. The Kier molecular flexibility index (Phi) is 3.19. The standard InChI is InChI=1S/C8H9BrF2N2/c1-4-2-6(12)5(3-9)7(13-4)8(10)11/h2,8H,3H2,1H3,(H2,12,13). The molecule has 2 N–H and O–H groups in total. The Morgan fingerprint density at radius 1 is 1.62 bits per heavy atom. The normalized spacial score (nSPS) is 10.8. The molecule has 0 aromatic carbocycles. The predicted octanol–water partition coefficient (Wildman–Crippen LogP) is 2.80. The van der Waals surface area contributed by atoms with Gasteiger partial charge < -0.3 is 5.73 Å². The number of halogens is 3. The second kappa shape index (κ2) is 4.00. The number of rotatable bonds is 2. The van der Waals surface area contributed by atoms with Crippen LogP contribution < -0.4 is 5.73 Å². The van der Waals surface area contributed by atoms with Crippen molar-refractivity contribution in [1.82, 2.24) is 4.98 Å². The lowest BCUT2D eigenvalue weighted by Crippen LogP contribution is -2.03. The molecule has 0 bridgehead atoms. The van der Waals surface area contributed by atoms with Gasteiger partial charge in [-0.3, -0.25) is 4.98 Å². The van der Waals surface area contributed by atoms with Crippen molar-refractivity contribution in [3.8, 4) is 0 Å². The Bertz CT molecular complexity index is 315. The van der Waals surface area contributed by atoms with Gasteiger partial charge in [0.05, 0.1) is 0 Å². The second-order valence-corrected chi connectivity index (χ2v) is 3.21. The number of nitrogens with two attached hydrogens (primary N) is 1. The molecule has 0 aliphatic carbocycles. The summed E-state index contributed by atoms with van der Waals surface area (Å²) in [5, 5.41) is 0.297. The zero-order valence-corrected chi connectivity index (χ0v) is 8.61. The van der Waals surface area contributed by atoms with E-state index in [0.29, 0.717) is 22.3 Å². The topological polar surface area (TPSA) is 38.9 Å². The molecule has 0 fully saturated rings. The molecule has 1 aromatic rings. The van der Waals surface area contributed by atoms with E-state index in [2.05, 4.69) is 20.9 Å². The van der Waals surface area contributed by atoms with Crippen LogP contribution in [0.5, 0.6) is 0 Å². The fourth-order valence-corrected chi connectivity index (χ4v) is 1.69. The fourth-order valence-electron chi connectivity index (χ4n) is 1.08. The number of nitrogen functional groups attached to an aromatic ring is 1. The minimum absolute atomic E-state index is 0.227. The van der Waals surface area contributed by atoms with Crippen LogP contribution in [0.4, 0.5) is 14.5 Å². The van der Waals surface area contributed by atoms with E-state index in [1.165, 1.54) is 0 Å². The van der Waals surface area contributed by atoms with Crippen LogP contribution in [0.1, 0.15) is 23.4 Å². The quantitative estimate of drug-likeness (QED) is 0.821. The van der Waals surface area contributed by atoms with Crippen LogP contribution in [0.15, 0.2) is 6.07 Å². The first-order valence-corrected chi connectivity index (χ1v) is 4.78. The van der Waals surface area contributed by atoms with Gasteiger partial charge in [-0.15, -0.1) is 0 Å². The first-order valence-electron chi connectivity index (χ1n) is 3.66. The minimum Gasteiger partial charge on any atom is -0.398 e. The molecule has 1 rings (SSSR count). The lowest BCUT2D eigenvalue weighted by Gasteiger charge is -2.09. The number of anilines is 1. The highest BCUT2D eigenvalue weighted by molar-refractivity contribution is 9.08. The Hall–Kier alpha value is -0.710. The number of hydrogen-bond acceptors (Lipinski definition) is 2. The van der Waals surface area contributed by atoms with Gasteiger partial charge in [0.2, 0.25) is 0 Å². The van der Waals surface area contributed by atoms with E-state index < -0.39 is 6.43 Å². The summed E-state index contributed by atoms with van der Waals surface area (Å²) in [4.78, 5) is 3.74. The Labute approximate surface area is 83.3 Å². The van der Waals surface area contributed by atoms with Gasteiger partial charge >= 0.3 is 0 Å². The predicted molar refractivity (Wildman–Crippen MR) is 51.0 cm³/mol.